The number of fused-ring (bicyclic) bond motifs is 1. The molecule has 146 valence electrons. The number of esters is 1. The monoisotopic (exact) mass is 376 g/mol. The van der Waals surface area contributed by atoms with Crippen LogP contribution in [0.3, 0.4) is 0 Å². The smallest absolute Gasteiger partial charge is 0.331 e. The van der Waals surface area contributed by atoms with Crippen molar-refractivity contribution < 1.29 is 28.6 Å². The van der Waals surface area contributed by atoms with E-state index in [1.54, 1.807) is 6.08 Å². The first-order valence-corrected chi connectivity index (χ1v) is 8.71. The van der Waals surface area contributed by atoms with Crippen LogP contribution in [0.15, 0.2) is 18.2 Å². The molecule has 0 saturated carbocycles. The molecule has 0 aromatic heterocycles. The highest BCUT2D eigenvalue weighted by atomic mass is 16.5. The molecule has 3 amide bonds. The number of urea groups is 1. The number of hydrogen-bond donors (Lipinski definition) is 2. The standard InChI is InChI=1S/C19H24N2O6/c1-5-25-15-10-14-8-11(2)26-16(14)9-13(15)6-7-17(22)27-12(3)18(23)21-19(24)20-4/h6-7,9-12H,5,8H2,1-4H3,(H2,20,21,23,24)/b7-6+/t11-,12+/m1/s1. The Morgan fingerprint density at radius 2 is 2.11 bits per heavy atom. The van der Waals surface area contributed by atoms with Gasteiger partial charge < -0.3 is 19.5 Å². The molecule has 2 N–H and O–H groups in total. The molecular weight excluding hydrogens is 352 g/mol. The number of benzene rings is 1. The van der Waals surface area contributed by atoms with Crippen molar-refractivity contribution in [3.05, 3.63) is 29.3 Å². The predicted molar refractivity (Wildman–Crippen MR) is 98.6 cm³/mol. The van der Waals surface area contributed by atoms with E-state index in [-0.39, 0.29) is 6.10 Å². The van der Waals surface area contributed by atoms with Gasteiger partial charge in [0.15, 0.2) is 6.10 Å². The summed E-state index contributed by atoms with van der Waals surface area (Å²) < 4.78 is 16.4. The van der Waals surface area contributed by atoms with Crippen molar-refractivity contribution in [3.8, 4) is 11.5 Å². The Morgan fingerprint density at radius 1 is 1.37 bits per heavy atom. The molecule has 1 aromatic rings. The highest BCUT2D eigenvalue weighted by Gasteiger charge is 2.22. The van der Waals surface area contributed by atoms with E-state index in [1.165, 1.54) is 20.0 Å². The molecule has 0 spiro atoms. The van der Waals surface area contributed by atoms with Gasteiger partial charge in [-0.3, -0.25) is 10.1 Å². The van der Waals surface area contributed by atoms with Gasteiger partial charge in [-0.25, -0.2) is 9.59 Å². The molecular formula is C19H24N2O6. The van der Waals surface area contributed by atoms with Gasteiger partial charge in [0, 0.05) is 30.7 Å². The Hall–Kier alpha value is -3.03. The van der Waals surface area contributed by atoms with Crippen molar-refractivity contribution in [3.63, 3.8) is 0 Å². The molecule has 0 fully saturated rings. The number of hydrogen-bond acceptors (Lipinski definition) is 6. The van der Waals surface area contributed by atoms with Crippen LogP contribution < -0.4 is 20.1 Å². The summed E-state index contributed by atoms with van der Waals surface area (Å²) in [6.07, 6.45) is 2.53. The summed E-state index contributed by atoms with van der Waals surface area (Å²) in [4.78, 5) is 34.8. The summed E-state index contributed by atoms with van der Waals surface area (Å²) >= 11 is 0. The van der Waals surface area contributed by atoms with Crippen molar-refractivity contribution in [1.29, 1.82) is 0 Å². The molecule has 1 heterocycles. The van der Waals surface area contributed by atoms with Crippen molar-refractivity contribution >= 4 is 24.0 Å². The maximum Gasteiger partial charge on any atom is 0.331 e. The first-order chi connectivity index (χ1) is 12.8. The Labute approximate surface area is 157 Å². The van der Waals surface area contributed by atoms with E-state index in [9.17, 15) is 14.4 Å². The number of nitrogens with one attached hydrogen (secondary N) is 2. The molecule has 0 unspecified atom stereocenters. The highest BCUT2D eigenvalue weighted by molar-refractivity contribution is 5.98. The van der Waals surface area contributed by atoms with E-state index >= 15 is 0 Å². The topological polar surface area (TPSA) is 103 Å². The zero-order chi connectivity index (χ0) is 20.0. The fourth-order valence-electron chi connectivity index (χ4n) is 2.57. The van der Waals surface area contributed by atoms with Crippen LogP contribution in [0.4, 0.5) is 4.79 Å². The molecule has 0 saturated heterocycles. The fraction of sp³-hybridized carbons (Fsp3) is 0.421. The number of rotatable bonds is 6. The lowest BCUT2D eigenvalue weighted by molar-refractivity contribution is -0.149. The number of imide groups is 1. The molecule has 1 aromatic carbocycles. The van der Waals surface area contributed by atoms with Crippen molar-refractivity contribution in [2.45, 2.75) is 39.4 Å². The summed E-state index contributed by atoms with van der Waals surface area (Å²) in [6.45, 7) is 5.72. The Kier molecular flexibility index (Phi) is 6.81. The molecule has 8 heteroatoms. The van der Waals surface area contributed by atoms with Crippen LogP contribution in [-0.4, -0.2) is 43.8 Å². The van der Waals surface area contributed by atoms with Crippen LogP contribution in [0.5, 0.6) is 11.5 Å². The fourth-order valence-corrected chi connectivity index (χ4v) is 2.57. The number of carbonyl (C=O) groups is 3. The first kappa shape index (κ1) is 20.3. The van der Waals surface area contributed by atoms with Gasteiger partial charge in [-0.2, -0.15) is 0 Å². The third kappa shape index (κ3) is 5.47. The van der Waals surface area contributed by atoms with E-state index < -0.39 is 24.0 Å². The largest absolute Gasteiger partial charge is 0.493 e. The van der Waals surface area contributed by atoms with Crippen LogP contribution in [-0.2, 0) is 20.7 Å². The van der Waals surface area contributed by atoms with Crippen LogP contribution >= 0.6 is 0 Å². The van der Waals surface area contributed by atoms with Gasteiger partial charge in [0.1, 0.15) is 17.6 Å². The molecule has 0 radical (unpaired) electrons. The van der Waals surface area contributed by atoms with Crippen molar-refractivity contribution in [2.24, 2.45) is 0 Å². The SMILES string of the molecule is CCOc1cc2c(cc1/C=C/C(=O)O[C@@H](C)C(=O)NC(=O)NC)O[C@H](C)C2. The van der Waals surface area contributed by atoms with Crippen LogP contribution in [0.1, 0.15) is 31.9 Å². The summed E-state index contributed by atoms with van der Waals surface area (Å²) in [5, 5.41) is 4.28. The molecule has 2 atom stereocenters. The van der Waals surface area contributed by atoms with Gasteiger partial charge >= 0.3 is 12.0 Å². The van der Waals surface area contributed by atoms with Crippen molar-refractivity contribution in [2.75, 3.05) is 13.7 Å². The van der Waals surface area contributed by atoms with Crippen LogP contribution in [0.25, 0.3) is 6.08 Å². The second-order valence-corrected chi connectivity index (χ2v) is 6.04. The minimum absolute atomic E-state index is 0.0957. The second kappa shape index (κ2) is 9.07. The van der Waals surface area contributed by atoms with Gasteiger partial charge in [-0.1, -0.05) is 0 Å². The quantitative estimate of drug-likeness (QED) is 0.580. The van der Waals surface area contributed by atoms with Gasteiger partial charge in [0.25, 0.3) is 5.91 Å². The lowest BCUT2D eigenvalue weighted by Crippen LogP contribution is -2.43. The minimum Gasteiger partial charge on any atom is -0.493 e. The maximum atomic E-state index is 12.0. The zero-order valence-corrected chi connectivity index (χ0v) is 15.8. The van der Waals surface area contributed by atoms with Gasteiger partial charge in [-0.05, 0) is 39.0 Å². The third-order valence-electron chi connectivity index (χ3n) is 3.85. The number of carbonyl (C=O) groups excluding carboxylic acids is 3. The summed E-state index contributed by atoms with van der Waals surface area (Å²) in [5.74, 6) is -0.0292. The Bertz CT molecular complexity index is 759. The lowest BCUT2D eigenvalue weighted by Gasteiger charge is -2.12. The molecule has 27 heavy (non-hydrogen) atoms. The van der Waals surface area contributed by atoms with Crippen LogP contribution in [0, 0.1) is 0 Å². The zero-order valence-electron chi connectivity index (χ0n) is 15.8. The maximum absolute atomic E-state index is 12.0. The first-order valence-electron chi connectivity index (χ1n) is 8.71. The Morgan fingerprint density at radius 3 is 2.78 bits per heavy atom. The molecule has 2 rings (SSSR count). The normalized spacial score (nSPS) is 16.2. The third-order valence-corrected chi connectivity index (χ3v) is 3.85. The Balaban J connectivity index is 2.06. The highest BCUT2D eigenvalue weighted by Crippen LogP contribution is 2.35. The van der Waals surface area contributed by atoms with Gasteiger partial charge in [0.05, 0.1) is 6.61 Å². The van der Waals surface area contributed by atoms with E-state index in [0.717, 1.165) is 17.7 Å². The van der Waals surface area contributed by atoms with Crippen LogP contribution in [0.2, 0.25) is 0 Å². The van der Waals surface area contributed by atoms with E-state index in [2.05, 4.69) is 5.32 Å². The average molecular weight is 376 g/mol. The number of ether oxygens (including phenoxy) is 3. The lowest BCUT2D eigenvalue weighted by atomic mass is 10.1. The van der Waals surface area contributed by atoms with E-state index in [0.29, 0.717) is 17.9 Å². The predicted octanol–water partition coefficient (Wildman–Crippen LogP) is 1.81. The molecule has 8 nitrogen and oxygen atoms in total. The van der Waals surface area contributed by atoms with E-state index in [1.807, 2.05) is 31.3 Å². The summed E-state index contributed by atoms with van der Waals surface area (Å²) in [6, 6.07) is 3.05. The van der Waals surface area contributed by atoms with Gasteiger partial charge in [0.2, 0.25) is 0 Å². The molecule has 0 bridgehead atoms. The number of amides is 3. The second-order valence-electron chi connectivity index (χ2n) is 6.04. The summed E-state index contributed by atoms with van der Waals surface area (Å²) in [7, 11) is 1.37. The minimum atomic E-state index is -1.12. The summed E-state index contributed by atoms with van der Waals surface area (Å²) in [5.41, 5.74) is 1.73. The molecule has 1 aliphatic heterocycles. The van der Waals surface area contributed by atoms with Crippen molar-refractivity contribution in [1.82, 2.24) is 10.6 Å². The molecule has 1 aliphatic rings. The molecule has 0 aliphatic carbocycles. The van der Waals surface area contributed by atoms with E-state index in [4.69, 9.17) is 14.2 Å². The average Bonchev–Trinajstić information content (AvgIpc) is 2.98. The van der Waals surface area contributed by atoms with Gasteiger partial charge in [-0.15, -0.1) is 0 Å².